The number of carbonyl (C=O) groups is 5. The molecule has 6 rings (SSSR count). The van der Waals surface area contributed by atoms with Crippen molar-refractivity contribution in [2.45, 2.75) is 37.8 Å². The number of urea groups is 1. The molecule has 3 aromatic rings. The number of hydrogen-bond donors (Lipinski definition) is 5. The van der Waals surface area contributed by atoms with Gasteiger partial charge in [-0.3, -0.25) is 34.4 Å². The summed E-state index contributed by atoms with van der Waals surface area (Å²) in [6.45, 7) is 1.87. The molecule has 14 heteroatoms. The molecule has 2 aromatic carbocycles. The van der Waals surface area contributed by atoms with Crippen LogP contribution in [0.1, 0.15) is 52.1 Å². The van der Waals surface area contributed by atoms with Gasteiger partial charge in [0.25, 0.3) is 11.8 Å². The number of imide groups is 2. The second-order valence-corrected chi connectivity index (χ2v) is 11.3. The molecule has 46 heavy (non-hydrogen) atoms. The van der Waals surface area contributed by atoms with Gasteiger partial charge in [0.05, 0.1) is 34.1 Å². The number of piperidine rings is 2. The first-order valence-electron chi connectivity index (χ1n) is 15.1. The number of allylic oxidation sites excluding steroid dienone is 1. The summed E-state index contributed by atoms with van der Waals surface area (Å²) in [5, 5.41) is 19.4. The Kier molecular flexibility index (Phi) is 8.68. The first-order valence-corrected chi connectivity index (χ1v) is 15.1. The van der Waals surface area contributed by atoms with Crippen molar-refractivity contribution in [3.63, 3.8) is 0 Å². The van der Waals surface area contributed by atoms with E-state index in [1.165, 1.54) is 12.3 Å². The van der Waals surface area contributed by atoms with Gasteiger partial charge in [0.15, 0.2) is 0 Å². The molecular formula is C32H33N9O5. The highest BCUT2D eigenvalue weighted by Crippen LogP contribution is 2.29. The van der Waals surface area contributed by atoms with Crippen molar-refractivity contribution < 1.29 is 24.0 Å². The zero-order valence-corrected chi connectivity index (χ0v) is 24.9. The van der Waals surface area contributed by atoms with E-state index >= 15 is 0 Å². The zero-order chi connectivity index (χ0) is 32.2. The van der Waals surface area contributed by atoms with Crippen molar-refractivity contribution in [1.29, 1.82) is 5.41 Å². The zero-order valence-electron chi connectivity index (χ0n) is 24.9. The molecule has 6 amide bonds. The highest BCUT2D eigenvalue weighted by molar-refractivity contribution is 6.23. The third kappa shape index (κ3) is 6.27. The van der Waals surface area contributed by atoms with Crippen molar-refractivity contribution in [2.24, 2.45) is 0 Å². The first-order chi connectivity index (χ1) is 22.3. The molecule has 1 unspecified atom stereocenters. The van der Waals surface area contributed by atoms with Crippen LogP contribution in [0.4, 0.5) is 10.5 Å². The summed E-state index contributed by atoms with van der Waals surface area (Å²) in [5.74, 6) is -2.20. The maximum Gasteiger partial charge on any atom is 0.317 e. The van der Waals surface area contributed by atoms with Crippen LogP contribution in [0.5, 0.6) is 0 Å². The Morgan fingerprint density at radius 2 is 1.74 bits per heavy atom. The van der Waals surface area contributed by atoms with E-state index in [0.29, 0.717) is 43.1 Å². The van der Waals surface area contributed by atoms with E-state index in [2.05, 4.69) is 31.2 Å². The molecule has 4 heterocycles. The first kappa shape index (κ1) is 30.4. The van der Waals surface area contributed by atoms with Crippen molar-refractivity contribution >= 4 is 58.2 Å². The second-order valence-electron chi connectivity index (χ2n) is 11.3. The summed E-state index contributed by atoms with van der Waals surface area (Å²) >= 11 is 0. The van der Waals surface area contributed by atoms with Gasteiger partial charge >= 0.3 is 6.03 Å². The Balaban J connectivity index is 0.944. The highest BCUT2D eigenvalue weighted by atomic mass is 16.2. The van der Waals surface area contributed by atoms with Crippen molar-refractivity contribution in [1.82, 2.24) is 35.7 Å². The van der Waals surface area contributed by atoms with Gasteiger partial charge in [-0.05, 0) is 49.6 Å². The van der Waals surface area contributed by atoms with Crippen LogP contribution < -0.4 is 21.3 Å². The predicted octanol–water partition coefficient (Wildman–Crippen LogP) is 1.90. The standard InChI is InChI=1S/C32H33N9O5/c33-16-19(26-18-37-24-3-1-2-4-25(24)38-26)17-36-20-9-13-40(14-10-20)32(46)35-12-11-34-21-5-6-22-23(15-21)31(45)41(30(22)44)27-7-8-28(42)39-29(27)43/h1-6,15-18,20,27,33-34,36H,7-14H2,(H,35,46)(H,39,42,43)/b19-17+,33-16?. The monoisotopic (exact) mass is 623 g/mol. The summed E-state index contributed by atoms with van der Waals surface area (Å²) in [4.78, 5) is 74.1. The minimum atomic E-state index is -1.02. The van der Waals surface area contributed by atoms with Crippen LogP contribution in [0.15, 0.2) is 54.9 Å². The Labute approximate surface area is 264 Å². The average molecular weight is 624 g/mol. The molecule has 2 fully saturated rings. The molecular weight excluding hydrogens is 590 g/mol. The Hall–Kier alpha value is -5.66. The van der Waals surface area contributed by atoms with E-state index in [1.807, 2.05) is 24.3 Å². The molecule has 0 saturated carbocycles. The van der Waals surface area contributed by atoms with E-state index < -0.39 is 29.7 Å². The molecule has 1 atom stereocenters. The number of fused-ring (bicyclic) bond motifs is 2. The van der Waals surface area contributed by atoms with Crippen LogP contribution in [0.25, 0.3) is 16.6 Å². The van der Waals surface area contributed by atoms with E-state index in [-0.39, 0.29) is 36.0 Å². The fraction of sp³-hybridized carbons (Fsp3) is 0.312. The van der Waals surface area contributed by atoms with Gasteiger partial charge in [-0.15, -0.1) is 0 Å². The van der Waals surface area contributed by atoms with Gasteiger partial charge in [-0.2, -0.15) is 0 Å². The average Bonchev–Trinajstić information content (AvgIpc) is 3.31. The maximum absolute atomic E-state index is 13.0. The highest BCUT2D eigenvalue weighted by Gasteiger charge is 2.44. The van der Waals surface area contributed by atoms with Crippen molar-refractivity contribution in [2.75, 3.05) is 31.5 Å². The third-order valence-corrected chi connectivity index (χ3v) is 8.33. The van der Waals surface area contributed by atoms with Crippen molar-refractivity contribution in [3.05, 3.63) is 71.7 Å². The number of amides is 6. The quantitative estimate of drug-likeness (QED) is 0.135. The number of nitrogens with one attached hydrogen (secondary N) is 5. The van der Waals surface area contributed by atoms with Crippen LogP contribution in [-0.2, 0) is 9.59 Å². The molecule has 3 aliphatic heterocycles. The molecule has 236 valence electrons. The topological polar surface area (TPSA) is 190 Å². The summed E-state index contributed by atoms with van der Waals surface area (Å²) in [6.07, 6.45) is 6.34. The van der Waals surface area contributed by atoms with Crippen LogP contribution in [0.2, 0.25) is 0 Å². The SMILES string of the molecule is N=C/C(=C\NC1CCN(C(=O)NCCNc2ccc3c(c2)C(=O)N(C2CCC(=O)NC2=O)C3=O)CC1)c1cnc2ccccc2n1. The van der Waals surface area contributed by atoms with Crippen LogP contribution in [-0.4, -0.2) is 93.9 Å². The number of anilines is 1. The molecule has 0 radical (unpaired) electrons. The lowest BCUT2D eigenvalue weighted by atomic mass is 10.0. The van der Waals surface area contributed by atoms with Gasteiger partial charge < -0.3 is 26.3 Å². The van der Waals surface area contributed by atoms with Crippen LogP contribution in [0, 0.1) is 5.41 Å². The number of nitrogens with zero attached hydrogens (tertiary/aromatic N) is 4. The summed E-state index contributed by atoms with van der Waals surface area (Å²) in [5.41, 5.74) is 3.78. The summed E-state index contributed by atoms with van der Waals surface area (Å²) in [6, 6.07) is 11.3. The summed E-state index contributed by atoms with van der Waals surface area (Å²) in [7, 11) is 0. The van der Waals surface area contributed by atoms with E-state index in [1.54, 1.807) is 29.4 Å². The number of rotatable bonds is 9. The lowest BCUT2D eigenvalue weighted by Crippen LogP contribution is -2.54. The number of benzene rings is 2. The fourth-order valence-corrected chi connectivity index (χ4v) is 5.81. The number of likely N-dealkylation sites (tertiary alicyclic amines) is 1. The van der Waals surface area contributed by atoms with Gasteiger partial charge in [0.2, 0.25) is 11.8 Å². The number of hydrogen-bond acceptors (Lipinski definition) is 10. The molecule has 0 spiro atoms. The van der Waals surface area contributed by atoms with Gasteiger partial charge in [0, 0.05) is 62.3 Å². The molecule has 14 nitrogen and oxygen atoms in total. The second kappa shape index (κ2) is 13.1. The molecule has 3 aliphatic rings. The van der Waals surface area contributed by atoms with E-state index in [0.717, 1.165) is 28.8 Å². The van der Waals surface area contributed by atoms with Gasteiger partial charge in [0.1, 0.15) is 6.04 Å². The lowest BCUT2D eigenvalue weighted by Gasteiger charge is -2.32. The van der Waals surface area contributed by atoms with Crippen molar-refractivity contribution in [3.8, 4) is 0 Å². The maximum atomic E-state index is 13.0. The normalized spacial score (nSPS) is 18.8. The van der Waals surface area contributed by atoms with E-state index in [9.17, 15) is 24.0 Å². The lowest BCUT2D eigenvalue weighted by molar-refractivity contribution is -0.136. The van der Waals surface area contributed by atoms with Gasteiger partial charge in [-0.25, -0.2) is 9.78 Å². The number of aromatic nitrogens is 2. The number of carbonyl (C=O) groups excluding carboxylic acids is 5. The minimum Gasteiger partial charge on any atom is -0.387 e. The minimum absolute atomic E-state index is 0.0593. The Morgan fingerprint density at radius 3 is 2.50 bits per heavy atom. The Bertz CT molecular complexity index is 1770. The molecule has 1 aromatic heterocycles. The predicted molar refractivity (Wildman–Crippen MR) is 169 cm³/mol. The van der Waals surface area contributed by atoms with Gasteiger partial charge in [-0.1, -0.05) is 12.1 Å². The molecule has 2 saturated heterocycles. The molecule has 0 bridgehead atoms. The third-order valence-electron chi connectivity index (χ3n) is 8.33. The molecule has 0 aliphatic carbocycles. The van der Waals surface area contributed by atoms with Crippen LogP contribution >= 0.6 is 0 Å². The largest absolute Gasteiger partial charge is 0.387 e. The van der Waals surface area contributed by atoms with E-state index in [4.69, 9.17) is 5.41 Å². The molecule has 5 N–H and O–H groups in total. The smallest absolute Gasteiger partial charge is 0.317 e. The number of para-hydroxylation sites is 2. The fourth-order valence-electron chi connectivity index (χ4n) is 5.81. The Morgan fingerprint density at radius 1 is 0.978 bits per heavy atom. The van der Waals surface area contributed by atoms with Crippen LogP contribution in [0.3, 0.4) is 0 Å². The summed E-state index contributed by atoms with van der Waals surface area (Å²) < 4.78 is 0.